The second-order valence-electron chi connectivity index (χ2n) is 9.18. The molecule has 0 N–H and O–H groups in total. The molecule has 0 radical (unpaired) electrons. The number of carbonyl (C=O) groups is 2. The van der Waals surface area contributed by atoms with Crippen molar-refractivity contribution in [2.75, 3.05) is 12.0 Å². The molecule has 5 nitrogen and oxygen atoms in total. The van der Waals surface area contributed by atoms with E-state index in [2.05, 4.69) is 4.99 Å². The minimum Gasteiger partial charge on any atom is -0.495 e. The molecule has 180 valence electrons. The summed E-state index contributed by atoms with van der Waals surface area (Å²) in [6, 6.07) is 7.36. The number of ether oxygens (including phenoxy) is 1. The summed E-state index contributed by atoms with van der Waals surface area (Å²) in [4.78, 5) is 31.7. The van der Waals surface area contributed by atoms with Crippen LogP contribution in [0.5, 0.6) is 5.75 Å². The van der Waals surface area contributed by atoms with Gasteiger partial charge < -0.3 is 4.74 Å². The van der Waals surface area contributed by atoms with Crippen molar-refractivity contribution in [2.24, 2.45) is 16.3 Å². The molecule has 1 aliphatic heterocycles. The molecule has 1 fully saturated rings. The molecule has 1 aliphatic carbocycles. The van der Waals surface area contributed by atoms with E-state index in [1.807, 2.05) is 13.8 Å². The molecule has 0 spiro atoms. The Morgan fingerprint density at radius 1 is 1.18 bits per heavy atom. The summed E-state index contributed by atoms with van der Waals surface area (Å²) in [6.45, 7) is 3.79. The van der Waals surface area contributed by atoms with E-state index in [-0.39, 0.29) is 44.9 Å². The second kappa shape index (κ2) is 8.57. The number of nitrogens with zero attached hydrogens (tertiary/aromatic N) is 2. The fourth-order valence-electron chi connectivity index (χ4n) is 4.82. The van der Waals surface area contributed by atoms with Crippen LogP contribution in [0.25, 0.3) is 0 Å². The highest BCUT2D eigenvalue weighted by atomic mass is 35.5. The summed E-state index contributed by atoms with van der Waals surface area (Å²) in [5, 5.41) is 0.170. The Bertz CT molecular complexity index is 1210. The fourth-order valence-corrected chi connectivity index (χ4v) is 5.41. The standard InChI is InChI=1S/C24H21Cl2F3N2O3/c1-23(2)10-16-19(18(32)11-23)20(13-8-12(25)9-14(26)21(13)34-3)31(22(33)24(27,28)29)17-7-5-4-6-15(17)30-16/h4-9,19-20H,10-11H2,1-3H3. The quantitative estimate of drug-likeness (QED) is 0.448. The first-order chi connectivity index (χ1) is 15.8. The summed E-state index contributed by atoms with van der Waals surface area (Å²) in [5.74, 6) is -3.56. The molecular weight excluding hydrogens is 492 g/mol. The Morgan fingerprint density at radius 3 is 2.50 bits per heavy atom. The lowest BCUT2D eigenvalue weighted by Gasteiger charge is -2.41. The molecule has 1 amide bonds. The lowest BCUT2D eigenvalue weighted by atomic mass is 9.68. The Kier molecular flexibility index (Phi) is 6.19. The zero-order chi connectivity index (χ0) is 25.0. The van der Waals surface area contributed by atoms with E-state index in [0.29, 0.717) is 17.0 Å². The van der Waals surface area contributed by atoms with Crippen molar-refractivity contribution < 1.29 is 27.5 Å². The fraction of sp³-hybridized carbons (Fsp3) is 0.375. The maximum Gasteiger partial charge on any atom is 0.471 e. The molecule has 2 aliphatic rings. The van der Waals surface area contributed by atoms with Crippen LogP contribution in [0.15, 0.2) is 41.4 Å². The largest absolute Gasteiger partial charge is 0.495 e. The number of Topliss-reactive ketones (excluding diaryl/α,β-unsaturated/α-hetero) is 1. The van der Waals surface area contributed by atoms with Gasteiger partial charge in [-0.3, -0.25) is 19.5 Å². The van der Waals surface area contributed by atoms with Crippen molar-refractivity contribution in [2.45, 2.75) is 38.9 Å². The SMILES string of the molecule is COc1c(Cl)cc(Cl)cc1C1C2C(=O)CC(C)(C)CC2=Nc2ccccc2N1C(=O)C(F)(F)F. The molecule has 2 aromatic carbocycles. The molecule has 10 heteroatoms. The van der Waals surface area contributed by atoms with E-state index in [1.54, 1.807) is 6.07 Å². The van der Waals surface area contributed by atoms with Crippen molar-refractivity contribution in [1.82, 2.24) is 0 Å². The molecular formula is C24H21Cl2F3N2O3. The Hall–Kier alpha value is -2.58. The maximum absolute atomic E-state index is 13.9. The van der Waals surface area contributed by atoms with E-state index in [4.69, 9.17) is 27.9 Å². The van der Waals surface area contributed by atoms with Gasteiger partial charge in [0.2, 0.25) is 0 Å². The van der Waals surface area contributed by atoms with Gasteiger partial charge in [-0.2, -0.15) is 13.2 Å². The van der Waals surface area contributed by atoms with Gasteiger partial charge in [-0.25, -0.2) is 0 Å². The van der Waals surface area contributed by atoms with Crippen LogP contribution < -0.4 is 9.64 Å². The van der Waals surface area contributed by atoms with Crippen LogP contribution in [0.3, 0.4) is 0 Å². The molecule has 2 aromatic rings. The summed E-state index contributed by atoms with van der Waals surface area (Å²) >= 11 is 12.6. The van der Waals surface area contributed by atoms with E-state index >= 15 is 0 Å². The van der Waals surface area contributed by atoms with Crippen molar-refractivity contribution in [3.63, 3.8) is 0 Å². The average molecular weight is 513 g/mol. The number of hydrogen-bond acceptors (Lipinski definition) is 4. The summed E-state index contributed by atoms with van der Waals surface area (Å²) in [6.07, 6.45) is -4.75. The highest BCUT2D eigenvalue weighted by Gasteiger charge is 2.53. The molecule has 4 rings (SSSR count). The van der Waals surface area contributed by atoms with Crippen LogP contribution in [-0.2, 0) is 9.59 Å². The molecule has 2 unspecified atom stereocenters. The number of carbonyl (C=O) groups excluding carboxylic acids is 2. The number of rotatable bonds is 2. The highest BCUT2D eigenvalue weighted by Crippen LogP contribution is 2.51. The minimum atomic E-state index is -5.22. The van der Waals surface area contributed by atoms with Gasteiger partial charge in [-0.05, 0) is 36.1 Å². The van der Waals surface area contributed by atoms with Gasteiger partial charge in [-0.15, -0.1) is 0 Å². The molecule has 1 heterocycles. The summed E-state index contributed by atoms with van der Waals surface area (Å²) < 4.78 is 47.2. The number of para-hydroxylation sites is 2. The van der Waals surface area contributed by atoms with Gasteiger partial charge in [0, 0.05) is 22.7 Å². The van der Waals surface area contributed by atoms with Crippen LogP contribution in [-0.4, -0.2) is 30.7 Å². The number of halogens is 5. The van der Waals surface area contributed by atoms with E-state index in [1.165, 1.54) is 37.4 Å². The first-order valence-corrected chi connectivity index (χ1v) is 11.2. The molecule has 34 heavy (non-hydrogen) atoms. The number of methoxy groups -OCH3 is 1. The third-order valence-corrected chi connectivity index (χ3v) is 6.54. The molecule has 2 atom stereocenters. The van der Waals surface area contributed by atoms with Crippen molar-refractivity contribution >= 4 is 52.0 Å². The smallest absolute Gasteiger partial charge is 0.471 e. The topological polar surface area (TPSA) is 59.0 Å². The third kappa shape index (κ3) is 4.29. The van der Waals surface area contributed by atoms with E-state index in [0.717, 1.165) is 0 Å². The van der Waals surface area contributed by atoms with Crippen molar-refractivity contribution in [1.29, 1.82) is 0 Å². The zero-order valence-corrected chi connectivity index (χ0v) is 20.1. The van der Waals surface area contributed by atoms with Gasteiger partial charge in [0.25, 0.3) is 0 Å². The number of benzene rings is 2. The first kappa shape index (κ1) is 24.5. The Labute approximate surface area is 204 Å². The minimum absolute atomic E-state index is 0.0346. The lowest BCUT2D eigenvalue weighted by Crippen LogP contribution is -2.50. The number of alkyl halides is 3. The van der Waals surface area contributed by atoms with Gasteiger partial charge in [0.05, 0.1) is 35.5 Å². The summed E-state index contributed by atoms with van der Waals surface area (Å²) in [7, 11) is 1.31. The number of anilines is 1. The van der Waals surface area contributed by atoms with Crippen molar-refractivity contribution in [3.8, 4) is 5.75 Å². The Morgan fingerprint density at radius 2 is 1.85 bits per heavy atom. The average Bonchev–Trinajstić information content (AvgIpc) is 2.85. The van der Waals surface area contributed by atoms with Crippen LogP contribution in [0, 0.1) is 11.3 Å². The number of aliphatic imine (C=N–C) groups is 1. The maximum atomic E-state index is 13.9. The second-order valence-corrected chi connectivity index (χ2v) is 10.0. The number of ketones is 1. The number of amides is 1. The first-order valence-electron chi connectivity index (χ1n) is 10.5. The normalized spacial score (nSPS) is 21.8. The summed E-state index contributed by atoms with van der Waals surface area (Å²) in [5.41, 5.74) is 0.139. The van der Waals surface area contributed by atoms with Gasteiger partial charge in [0.15, 0.2) is 0 Å². The van der Waals surface area contributed by atoms with Crippen LogP contribution in [0.2, 0.25) is 10.0 Å². The lowest BCUT2D eigenvalue weighted by molar-refractivity contribution is -0.171. The molecule has 0 saturated heterocycles. The van der Waals surface area contributed by atoms with Crippen LogP contribution in [0.4, 0.5) is 24.5 Å². The number of hydrogen-bond donors (Lipinski definition) is 0. The van der Waals surface area contributed by atoms with Crippen LogP contribution >= 0.6 is 23.2 Å². The molecule has 1 saturated carbocycles. The molecule has 0 bridgehead atoms. The molecule has 0 aromatic heterocycles. The van der Waals surface area contributed by atoms with E-state index < -0.39 is 29.5 Å². The van der Waals surface area contributed by atoms with Gasteiger partial charge in [-0.1, -0.05) is 49.2 Å². The highest BCUT2D eigenvalue weighted by molar-refractivity contribution is 6.35. The van der Waals surface area contributed by atoms with Crippen LogP contribution in [0.1, 0.15) is 38.3 Å². The van der Waals surface area contributed by atoms with Crippen molar-refractivity contribution in [3.05, 3.63) is 52.0 Å². The predicted molar refractivity (Wildman–Crippen MR) is 124 cm³/mol. The monoisotopic (exact) mass is 512 g/mol. The number of fused-ring (bicyclic) bond motifs is 2. The van der Waals surface area contributed by atoms with E-state index in [9.17, 15) is 22.8 Å². The third-order valence-electron chi connectivity index (χ3n) is 6.04. The van der Waals surface area contributed by atoms with Gasteiger partial charge >= 0.3 is 12.1 Å². The van der Waals surface area contributed by atoms with Gasteiger partial charge in [0.1, 0.15) is 11.5 Å². The zero-order valence-electron chi connectivity index (χ0n) is 18.5. The predicted octanol–water partition coefficient (Wildman–Crippen LogP) is 6.73. The Balaban J connectivity index is 2.09.